The highest BCUT2D eigenvalue weighted by Crippen LogP contribution is 2.48. The third-order valence-electron chi connectivity index (χ3n) is 11.6. The Bertz CT molecular complexity index is 1460. The SMILES string of the molecule is C/C=C\[C@H](C)[C@H]1O[C@]1(C)[C@@H](O)[C@@H](COC(C)=O)C(=O)[C@@H]1COC(O)(CC)C[C@@H]1O.C/C=C\[C@H](C)[C@H]1O[C@]1(C)[C@@H](O)[C@@H](COC(C)=O)C(=O)[C@H](CO)[C@@H](O)CC(=O)CC. The van der Waals surface area contributed by atoms with Crippen LogP contribution in [0.15, 0.2) is 24.3 Å². The molecule has 58 heavy (non-hydrogen) atoms. The molecule has 0 aromatic heterocycles. The molecule has 0 bridgehead atoms. The quantitative estimate of drug-likeness (QED) is 0.0516. The average molecular weight is 829 g/mol. The number of allylic oxidation sites excluding steroid dienone is 2. The number of ether oxygens (including phenoxy) is 5. The van der Waals surface area contributed by atoms with E-state index in [1.807, 2.05) is 52.0 Å². The van der Waals surface area contributed by atoms with Crippen molar-refractivity contribution < 1.29 is 78.3 Å². The Morgan fingerprint density at radius 1 is 0.810 bits per heavy atom. The van der Waals surface area contributed by atoms with Crippen LogP contribution in [0.25, 0.3) is 0 Å². The lowest BCUT2D eigenvalue weighted by molar-refractivity contribution is -0.258. The summed E-state index contributed by atoms with van der Waals surface area (Å²) in [6.07, 6.45) is 2.04. The van der Waals surface area contributed by atoms with Gasteiger partial charge in [-0.3, -0.25) is 24.0 Å². The molecule has 0 radical (unpaired) electrons. The molecule has 15 atom stereocenters. The Kier molecular flexibility index (Phi) is 19.5. The van der Waals surface area contributed by atoms with Crippen molar-refractivity contribution >= 4 is 29.3 Å². The second-order valence-electron chi connectivity index (χ2n) is 16.2. The first-order chi connectivity index (χ1) is 27.0. The molecule has 6 N–H and O–H groups in total. The van der Waals surface area contributed by atoms with Crippen molar-refractivity contribution in [2.75, 3.05) is 26.4 Å². The average Bonchev–Trinajstić information content (AvgIpc) is 4.06. The first-order valence-electron chi connectivity index (χ1n) is 20.2. The molecule has 3 fully saturated rings. The molecular formula is C42H68O16. The van der Waals surface area contributed by atoms with Gasteiger partial charge in [-0.2, -0.15) is 0 Å². The number of ketones is 3. The van der Waals surface area contributed by atoms with Crippen molar-refractivity contribution in [1.82, 2.24) is 0 Å². The lowest BCUT2D eigenvalue weighted by atomic mass is 9.78. The fourth-order valence-electron chi connectivity index (χ4n) is 7.77. The van der Waals surface area contributed by atoms with Crippen molar-refractivity contribution in [3.05, 3.63) is 24.3 Å². The smallest absolute Gasteiger partial charge is 0.302 e. The van der Waals surface area contributed by atoms with E-state index in [2.05, 4.69) is 0 Å². The van der Waals surface area contributed by atoms with Crippen molar-refractivity contribution in [2.24, 2.45) is 35.5 Å². The number of rotatable bonds is 22. The van der Waals surface area contributed by atoms with Crippen molar-refractivity contribution in [2.45, 2.75) is 149 Å². The van der Waals surface area contributed by atoms with Gasteiger partial charge in [0.1, 0.15) is 41.8 Å². The maximum Gasteiger partial charge on any atom is 0.302 e. The van der Waals surface area contributed by atoms with Gasteiger partial charge in [0.15, 0.2) is 5.79 Å². The van der Waals surface area contributed by atoms with E-state index in [0.717, 1.165) is 0 Å². The van der Waals surface area contributed by atoms with E-state index in [-0.39, 0.29) is 68.7 Å². The van der Waals surface area contributed by atoms with Gasteiger partial charge < -0.3 is 54.3 Å². The number of epoxide rings is 2. The molecule has 3 aliphatic rings. The number of esters is 2. The van der Waals surface area contributed by atoms with Gasteiger partial charge in [-0.15, -0.1) is 0 Å². The number of carbonyl (C=O) groups excluding carboxylic acids is 5. The summed E-state index contributed by atoms with van der Waals surface area (Å²) in [5.74, 6) is -8.56. The number of aliphatic hydroxyl groups is 6. The highest BCUT2D eigenvalue weighted by molar-refractivity contribution is 5.87. The van der Waals surface area contributed by atoms with Crippen LogP contribution in [-0.2, 0) is 47.7 Å². The van der Waals surface area contributed by atoms with Gasteiger partial charge in [-0.1, -0.05) is 52.0 Å². The molecular weight excluding hydrogens is 760 g/mol. The zero-order valence-electron chi connectivity index (χ0n) is 35.7. The van der Waals surface area contributed by atoms with E-state index in [1.165, 1.54) is 13.8 Å². The minimum atomic E-state index is -1.47. The molecule has 16 nitrogen and oxygen atoms in total. The number of carbonyl (C=O) groups is 5. The standard InChI is InChI=1S/2C21H34O8/c1-6-8-12(3)19-20(5,29-19)18(25)15(10-27-13(4)22)17(24)14-11-28-21(26,7-2)9-16(14)23;1-6-8-12(3)20-21(5,29-20)19(27)16(11-28-13(4)23)18(26)15(10-22)17(25)9-14(24)7-2/h6,8,12,14-16,18-19,23,25-26H,7,9-11H2,1-5H3;6,8,12,15-17,19-20,22,25,27H,7,9-11H2,1-5H3/b2*8-6-/t12-,14+,15-,16-,18-,19+,20+,21?;12-,15+,16-,17-,19-,20+,21+/m00/s1. The Morgan fingerprint density at radius 3 is 1.67 bits per heavy atom. The highest BCUT2D eigenvalue weighted by atomic mass is 16.6. The summed E-state index contributed by atoms with van der Waals surface area (Å²) in [4.78, 5) is 60.5. The van der Waals surface area contributed by atoms with E-state index < -0.39 is 102 Å². The molecule has 0 saturated carbocycles. The van der Waals surface area contributed by atoms with E-state index in [1.54, 1.807) is 27.7 Å². The lowest BCUT2D eigenvalue weighted by Gasteiger charge is -2.39. The minimum Gasteiger partial charge on any atom is -0.465 e. The van der Waals surface area contributed by atoms with E-state index >= 15 is 0 Å². The van der Waals surface area contributed by atoms with Gasteiger partial charge in [0.25, 0.3) is 0 Å². The molecule has 3 aliphatic heterocycles. The van der Waals surface area contributed by atoms with Gasteiger partial charge in [-0.25, -0.2) is 0 Å². The van der Waals surface area contributed by atoms with Gasteiger partial charge in [0.05, 0.1) is 73.5 Å². The van der Waals surface area contributed by atoms with E-state index in [0.29, 0.717) is 0 Å². The summed E-state index contributed by atoms with van der Waals surface area (Å²) < 4.78 is 26.9. The summed E-state index contributed by atoms with van der Waals surface area (Å²) in [5.41, 5.74) is -2.01. The molecule has 3 heterocycles. The van der Waals surface area contributed by atoms with Crippen LogP contribution in [0.1, 0.15) is 94.9 Å². The lowest BCUT2D eigenvalue weighted by Crippen LogP contribution is -2.53. The molecule has 0 aromatic rings. The number of hydrogen-bond acceptors (Lipinski definition) is 16. The number of Topliss-reactive ketones (excluding diaryl/α,β-unsaturated/α-hetero) is 3. The molecule has 3 saturated heterocycles. The predicted octanol–water partition coefficient (Wildman–Crippen LogP) is 1.77. The summed E-state index contributed by atoms with van der Waals surface area (Å²) >= 11 is 0. The summed E-state index contributed by atoms with van der Waals surface area (Å²) in [7, 11) is 0. The van der Waals surface area contributed by atoms with Crippen LogP contribution >= 0.6 is 0 Å². The van der Waals surface area contributed by atoms with Gasteiger partial charge >= 0.3 is 11.9 Å². The first-order valence-corrected chi connectivity index (χ1v) is 20.2. The second-order valence-corrected chi connectivity index (χ2v) is 16.2. The topological polar surface area (TPSA) is 259 Å². The largest absolute Gasteiger partial charge is 0.465 e. The summed E-state index contributed by atoms with van der Waals surface area (Å²) in [5, 5.41) is 62.6. The van der Waals surface area contributed by atoms with E-state index in [9.17, 15) is 54.6 Å². The van der Waals surface area contributed by atoms with Crippen LogP contribution in [0.3, 0.4) is 0 Å². The summed E-state index contributed by atoms with van der Waals surface area (Å²) in [6.45, 7) is 15.2. The molecule has 0 aliphatic carbocycles. The minimum absolute atomic E-state index is 0.00877. The molecule has 0 spiro atoms. The Morgan fingerprint density at radius 2 is 1.28 bits per heavy atom. The molecule has 3 rings (SSSR count). The third kappa shape index (κ3) is 13.0. The normalized spacial score (nSPS) is 32.1. The van der Waals surface area contributed by atoms with Crippen molar-refractivity contribution in [3.8, 4) is 0 Å². The maximum absolute atomic E-state index is 13.2. The van der Waals surface area contributed by atoms with Crippen LogP contribution in [0.2, 0.25) is 0 Å². The molecule has 0 amide bonds. The molecule has 16 heteroatoms. The molecule has 0 aromatic carbocycles. The Labute approximate surface area is 341 Å². The maximum atomic E-state index is 13.2. The van der Waals surface area contributed by atoms with Crippen molar-refractivity contribution in [1.29, 1.82) is 0 Å². The Hall–Kier alpha value is -2.93. The molecule has 1 unspecified atom stereocenters. The zero-order valence-corrected chi connectivity index (χ0v) is 35.7. The first kappa shape index (κ1) is 51.2. The number of hydrogen-bond donors (Lipinski definition) is 6. The Balaban J connectivity index is 0.000000400. The van der Waals surface area contributed by atoms with Gasteiger partial charge in [0, 0.05) is 44.9 Å². The van der Waals surface area contributed by atoms with E-state index in [4.69, 9.17) is 23.7 Å². The van der Waals surface area contributed by atoms with Crippen molar-refractivity contribution in [3.63, 3.8) is 0 Å². The van der Waals surface area contributed by atoms with Crippen LogP contribution in [-0.4, -0.2) is 140 Å². The van der Waals surface area contributed by atoms with Crippen LogP contribution in [0, 0.1) is 35.5 Å². The van der Waals surface area contributed by atoms with Crippen LogP contribution in [0.4, 0.5) is 0 Å². The highest BCUT2D eigenvalue weighted by Gasteiger charge is 2.63. The monoisotopic (exact) mass is 828 g/mol. The van der Waals surface area contributed by atoms with Crippen LogP contribution < -0.4 is 0 Å². The zero-order chi connectivity index (χ0) is 44.3. The van der Waals surface area contributed by atoms with Gasteiger partial charge in [-0.05, 0) is 34.1 Å². The fourth-order valence-corrected chi connectivity index (χ4v) is 7.77. The fraction of sp³-hybridized carbons (Fsp3) is 0.786. The number of aliphatic hydroxyl groups excluding tert-OH is 5. The predicted molar refractivity (Wildman–Crippen MR) is 209 cm³/mol. The third-order valence-corrected chi connectivity index (χ3v) is 11.6. The summed E-state index contributed by atoms with van der Waals surface area (Å²) in [6, 6.07) is 0. The molecule has 332 valence electrons. The second kappa shape index (κ2) is 22.1. The van der Waals surface area contributed by atoms with Gasteiger partial charge in [0.2, 0.25) is 0 Å². The van der Waals surface area contributed by atoms with Crippen LogP contribution in [0.5, 0.6) is 0 Å².